The highest BCUT2D eigenvalue weighted by Crippen LogP contribution is 2.49. The number of nitrogens with zero attached hydrogens (tertiary/aromatic N) is 2. The van der Waals surface area contributed by atoms with Crippen LogP contribution in [0, 0.1) is 17.3 Å². The average Bonchev–Trinajstić information content (AvgIpc) is 3.11. The van der Waals surface area contributed by atoms with E-state index in [4.69, 9.17) is 21.1 Å². The van der Waals surface area contributed by atoms with Crippen LogP contribution in [0.2, 0.25) is 5.02 Å². The zero-order valence-corrected chi connectivity index (χ0v) is 30.6. The lowest BCUT2D eigenvalue weighted by molar-refractivity contribution is -0.0400. The maximum atomic E-state index is 13.6. The number of benzene rings is 2. The fourth-order valence-corrected chi connectivity index (χ4v) is 10.3. The van der Waals surface area contributed by atoms with E-state index in [0.717, 1.165) is 101 Å². The molecule has 3 aliphatic heterocycles. The van der Waals surface area contributed by atoms with Gasteiger partial charge in [0, 0.05) is 42.8 Å². The number of morpholine rings is 1. The third-order valence-corrected chi connectivity index (χ3v) is 14.2. The van der Waals surface area contributed by atoms with Crippen molar-refractivity contribution in [3.05, 3.63) is 58.1 Å². The Bertz CT molecular complexity index is 1550. The summed E-state index contributed by atoms with van der Waals surface area (Å²) in [5.41, 5.74) is 3.67. The van der Waals surface area contributed by atoms with Crippen LogP contribution in [0.4, 0.5) is 5.69 Å². The molecule has 8 nitrogen and oxygen atoms in total. The van der Waals surface area contributed by atoms with Crippen LogP contribution in [0.3, 0.4) is 0 Å². The molecule has 1 aliphatic carbocycles. The monoisotopic (exact) mass is 699 g/mol. The predicted octanol–water partition coefficient (Wildman–Crippen LogP) is 7.23. The number of ether oxygens (including phenoxy) is 2. The van der Waals surface area contributed by atoms with Crippen LogP contribution in [0.5, 0.6) is 5.75 Å². The van der Waals surface area contributed by atoms with Crippen molar-refractivity contribution in [2.24, 2.45) is 17.3 Å². The van der Waals surface area contributed by atoms with Crippen LogP contribution < -0.4 is 14.4 Å². The zero-order valence-electron chi connectivity index (χ0n) is 29.0. The Labute approximate surface area is 292 Å². The molecular weight excluding hydrogens is 646 g/mol. The quantitative estimate of drug-likeness (QED) is 0.354. The molecule has 10 heteroatoms. The van der Waals surface area contributed by atoms with Crippen molar-refractivity contribution in [2.45, 2.75) is 103 Å². The summed E-state index contributed by atoms with van der Waals surface area (Å²) in [5, 5.41) is 0.0471. The largest absolute Gasteiger partial charge is 0.487 e. The number of aryl methyl sites for hydroxylation is 1. The molecule has 48 heavy (non-hydrogen) atoms. The van der Waals surface area contributed by atoms with Crippen molar-refractivity contribution in [3.63, 3.8) is 0 Å². The molecule has 0 radical (unpaired) electrons. The Balaban J connectivity index is 1.39. The standard InChI is InChI=1S/C38H54ClN3O5S/c1-27-8-6-15-38(29(3)41-18-20-46-21-19-41)16-7-9-30(24-38)25-42-17-5-4-10-31-22-34(39)13-11-33(31)26-47-36-14-12-32(23-35(36)42)37(43)40-48(44,45)28(27)2/h11-14,22-23,27-30H,4-10,15-21,24-26H2,1-3H3,(H,40,43)/t27-,28+,29-,30+,38?/m0/s1. The van der Waals surface area contributed by atoms with Crippen molar-refractivity contribution >= 4 is 33.2 Å². The fraction of sp³-hybridized carbons (Fsp3) is 0.658. The lowest BCUT2D eigenvalue weighted by Crippen LogP contribution is -2.53. The van der Waals surface area contributed by atoms with Crippen LogP contribution in [0.1, 0.15) is 100 Å². The van der Waals surface area contributed by atoms with E-state index in [9.17, 15) is 13.2 Å². The maximum Gasteiger partial charge on any atom is 0.264 e. The number of hydrogen-bond acceptors (Lipinski definition) is 7. The molecule has 0 aromatic heterocycles. The summed E-state index contributed by atoms with van der Waals surface area (Å²) in [6.45, 7) is 11.8. The van der Waals surface area contributed by atoms with Crippen molar-refractivity contribution < 1.29 is 22.7 Å². The highest BCUT2D eigenvalue weighted by molar-refractivity contribution is 7.90. The van der Waals surface area contributed by atoms with Gasteiger partial charge in [0.1, 0.15) is 12.4 Å². The smallest absolute Gasteiger partial charge is 0.264 e. The molecule has 264 valence electrons. The molecule has 5 atom stereocenters. The molecule has 4 bridgehead atoms. The number of halogens is 1. The molecular formula is C38H54ClN3O5S. The van der Waals surface area contributed by atoms with Gasteiger partial charge in [-0.1, -0.05) is 37.4 Å². The minimum atomic E-state index is -3.88. The maximum absolute atomic E-state index is 13.6. The molecule has 1 saturated carbocycles. The zero-order chi connectivity index (χ0) is 33.9. The average molecular weight is 700 g/mol. The number of rotatable bonds is 2. The first-order chi connectivity index (χ1) is 23.0. The van der Waals surface area contributed by atoms with Crippen molar-refractivity contribution in [1.29, 1.82) is 0 Å². The minimum absolute atomic E-state index is 0.0765. The number of sulfonamides is 1. The molecule has 2 aromatic carbocycles. The first-order valence-corrected chi connectivity index (χ1v) is 20.1. The number of carbonyl (C=O) groups excluding carboxylic acids is 1. The predicted molar refractivity (Wildman–Crippen MR) is 192 cm³/mol. The second-order valence-corrected chi connectivity index (χ2v) is 17.5. The summed E-state index contributed by atoms with van der Waals surface area (Å²) in [6.07, 6.45) is 10.5. The molecule has 3 heterocycles. The van der Waals surface area contributed by atoms with Crippen molar-refractivity contribution in [1.82, 2.24) is 9.62 Å². The van der Waals surface area contributed by atoms with Gasteiger partial charge in [0.05, 0.1) is 24.2 Å². The van der Waals surface area contributed by atoms with E-state index >= 15 is 0 Å². The summed E-state index contributed by atoms with van der Waals surface area (Å²) in [7, 11) is -3.88. The van der Waals surface area contributed by atoms with Crippen LogP contribution in [0.25, 0.3) is 0 Å². The van der Waals surface area contributed by atoms with Gasteiger partial charge in [0.25, 0.3) is 5.91 Å². The lowest BCUT2D eigenvalue weighted by Gasteiger charge is -2.51. The molecule has 6 rings (SSSR count). The summed E-state index contributed by atoms with van der Waals surface area (Å²) in [6, 6.07) is 11.8. The van der Waals surface area contributed by atoms with Gasteiger partial charge in [0.2, 0.25) is 10.0 Å². The molecule has 1 unspecified atom stereocenters. The summed E-state index contributed by atoms with van der Waals surface area (Å²) < 4.78 is 41.8. The number of fused-ring (bicyclic) bond motifs is 4. The molecule has 2 aromatic rings. The van der Waals surface area contributed by atoms with Gasteiger partial charge < -0.3 is 14.4 Å². The molecule has 1 N–H and O–H groups in total. The van der Waals surface area contributed by atoms with Crippen LogP contribution >= 0.6 is 11.6 Å². The Morgan fingerprint density at radius 2 is 1.73 bits per heavy atom. The van der Waals surface area contributed by atoms with Crippen LogP contribution in [0.15, 0.2) is 36.4 Å². The summed E-state index contributed by atoms with van der Waals surface area (Å²) >= 11 is 6.39. The van der Waals surface area contributed by atoms with Gasteiger partial charge in [-0.15, -0.1) is 0 Å². The van der Waals surface area contributed by atoms with Gasteiger partial charge in [-0.3, -0.25) is 9.69 Å². The summed E-state index contributed by atoms with van der Waals surface area (Å²) in [5.74, 6) is 0.545. The number of nitrogens with one attached hydrogen (secondary N) is 1. The van der Waals surface area contributed by atoms with E-state index < -0.39 is 21.2 Å². The second kappa shape index (κ2) is 15.3. The van der Waals surface area contributed by atoms with Gasteiger partial charge in [-0.2, -0.15) is 0 Å². The number of anilines is 1. The second-order valence-electron chi connectivity index (χ2n) is 15.0. The van der Waals surface area contributed by atoms with Gasteiger partial charge >= 0.3 is 0 Å². The molecule has 1 saturated heterocycles. The molecule has 1 amide bonds. The van der Waals surface area contributed by atoms with E-state index in [1.54, 1.807) is 13.0 Å². The van der Waals surface area contributed by atoms with E-state index in [2.05, 4.69) is 27.5 Å². The molecule has 4 aliphatic rings. The Morgan fingerprint density at radius 3 is 2.52 bits per heavy atom. The number of carbonyl (C=O) groups is 1. The highest BCUT2D eigenvalue weighted by atomic mass is 35.5. The van der Waals surface area contributed by atoms with E-state index in [1.165, 1.54) is 24.8 Å². The Morgan fingerprint density at radius 1 is 0.958 bits per heavy atom. The molecule has 2 fully saturated rings. The minimum Gasteiger partial charge on any atom is -0.487 e. The van der Waals surface area contributed by atoms with Gasteiger partial charge in [0.15, 0.2) is 0 Å². The topological polar surface area (TPSA) is 88.2 Å². The lowest BCUT2D eigenvalue weighted by atomic mass is 9.62. The first-order valence-electron chi connectivity index (χ1n) is 18.2. The highest BCUT2D eigenvalue weighted by Gasteiger charge is 2.43. The first kappa shape index (κ1) is 35.5. The van der Waals surface area contributed by atoms with Crippen molar-refractivity contribution in [2.75, 3.05) is 44.3 Å². The Kier molecular flexibility index (Phi) is 11.3. The third-order valence-electron chi connectivity index (χ3n) is 12.0. The fourth-order valence-electron chi connectivity index (χ4n) is 8.83. The summed E-state index contributed by atoms with van der Waals surface area (Å²) in [4.78, 5) is 18.6. The van der Waals surface area contributed by atoms with E-state index in [1.807, 2.05) is 31.2 Å². The normalized spacial score (nSPS) is 29.8. The van der Waals surface area contributed by atoms with Crippen LogP contribution in [-0.2, 0) is 27.8 Å². The third kappa shape index (κ3) is 8.00. The van der Waals surface area contributed by atoms with E-state index in [-0.39, 0.29) is 11.3 Å². The van der Waals surface area contributed by atoms with Crippen molar-refractivity contribution in [3.8, 4) is 5.75 Å². The number of hydrogen-bond donors (Lipinski definition) is 1. The van der Waals surface area contributed by atoms with Gasteiger partial charge in [-0.25, -0.2) is 13.1 Å². The van der Waals surface area contributed by atoms with Gasteiger partial charge in [-0.05, 0) is 124 Å². The van der Waals surface area contributed by atoms with Crippen LogP contribution in [-0.4, -0.2) is 69.9 Å². The number of amides is 1. The Hall–Kier alpha value is -2.33. The molecule has 0 spiro atoms. The SMILES string of the molecule is C[C@H](N1CCOCC1)C12CCC[C@@H](CN3CCCCc4cc(Cl)ccc4COc4ccc(cc43)C(=O)NS(=O)(=O)[C@H](C)[C@@H](C)CCC1)C2. The van der Waals surface area contributed by atoms with E-state index in [0.29, 0.717) is 29.9 Å².